The second kappa shape index (κ2) is 6.69. The lowest BCUT2D eigenvalue weighted by molar-refractivity contribution is 0.0599. The molecule has 3 nitrogen and oxygen atoms in total. The molecule has 0 radical (unpaired) electrons. The molecule has 0 saturated carbocycles. The van der Waals surface area contributed by atoms with E-state index in [0.717, 1.165) is 11.1 Å². The van der Waals surface area contributed by atoms with Gasteiger partial charge in [-0.05, 0) is 43.5 Å². The highest BCUT2D eigenvalue weighted by Gasteiger charge is 2.12. The lowest BCUT2D eigenvalue weighted by Gasteiger charge is -2.07. The first-order valence-electron chi connectivity index (χ1n) is 5.58. The van der Waals surface area contributed by atoms with Crippen molar-refractivity contribution in [1.29, 1.82) is 0 Å². The third-order valence-corrected chi connectivity index (χ3v) is 2.46. The minimum Gasteiger partial charge on any atom is -0.465 e. The van der Waals surface area contributed by atoms with Crippen molar-refractivity contribution >= 4 is 5.97 Å². The lowest BCUT2D eigenvalue weighted by Crippen LogP contribution is -2.06. The Bertz CT molecular complexity index is 488. The van der Waals surface area contributed by atoms with Crippen LogP contribution in [0, 0.1) is 0 Å². The largest absolute Gasteiger partial charge is 0.465 e. The van der Waals surface area contributed by atoms with Crippen LogP contribution in [0.4, 0.5) is 4.39 Å². The first-order chi connectivity index (χ1) is 8.58. The highest BCUT2D eigenvalue weighted by molar-refractivity contribution is 5.90. The quantitative estimate of drug-likeness (QED) is 0.607. The normalized spacial score (nSPS) is 12.4. The molecule has 1 aromatic heterocycles. The van der Waals surface area contributed by atoms with Crippen LogP contribution in [-0.2, 0) is 11.2 Å². The van der Waals surface area contributed by atoms with Crippen LogP contribution >= 0.6 is 0 Å². The summed E-state index contributed by atoms with van der Waals surface area (Å²) in [7, 11) is 1.33. The van der Waals surface area contributed by atoms with E-state index >= 15 is 0 Å². The molecule has 0 aliphatic carbocycles. The van der Waals surface area contributed by atoms with E-state index in [2.05, 4.69) is 4.98 Å². The number of aromatic nitrogens is 1. The van der Waals surface area contributed by atoms with Crippen molar-refractivity contribution in [2.75, 3.05) is 7.11 Å². The molecule has 96 valence electrons. The number of halogens is 1. The fourth-order valence-electron chi connectivity index (χ4n) is 1.59. The first-order valence-corrected chi connectivity index (χ1v) is 5.58. The van der Waals surface area contributed by atoms with E-state index in [1.807, 2.05) is 6.92 Å². The lowest BCUT2D eigenvalue weighted by atomic mass is 10.0. The number of allylic oxidation sites excluding steroid dienone is 4. The van der Waals surface area contributed by atoms with Gasteiger partial charge < -0.3 is 4.74 Å². The van der Waals surface area contributed by atoms with E-state index in [-0.39, 0.29) is 5.83 Å². The Morgan fingerprint density at radius 1 is 1.56 bits per heavy atom. The zero-order valence-electron chi connectivity index (χ0n) is 10.7. The average molecular weight is 249 g/mol. The van der Waals surface area contributed by atoms with E-state index in [1.54, 1.807) is 18.3 Å². The van der Waals surface area contributed by atoms with E-state index in [4.69, 9.17) is 4.74 Å². The number of hydrogen-bond acceptors (Lipinski definition) is 3. The standard InChI is InChI=1S/C14H16FNO2/c1-4-11(7-10(2)15)8-12-9-16-6-5-13(12)14(17)18-3/h4-7,9H,8H2,1-3H3/b10-7+,11-4+. The number of nitrogens with zero attached hydrogens (tertiary/aromatic N) is 1. The molecule has 0 unspecified atom stereocenters. The number of methoxy groups -OCH3 is 1. The Hall–Kier alpha value is -1.97. The molecule has 1 rings (SSSR count). The summed E-state index contributed by atoms with van der Waals surface area (Å²) < 4.78 is 17.6. The van der Waals surface area contributed by atoms with Gasteiger partial charge in [-0.1, -0.05) is 6.08 Å². The average Bonchev–Trinajstić information content (AvgIpc) is 2.37. The van der Waals surface area contributed by atoms with E-state index < -0.39 is 5.97 Å². The van der Waals surface area contributed by atoms with Crippen LogP contribution in [0.15, 0.2) is 42.0 Å². The van der Waals surface area contributed by atoms with Crippen molar-refractivity contribution in [1.82, 2.24) is 4.98 Å². The molecular weight excluding hydrogens is 233 g/mol. The van der Waals surface area contributed by atoms with Gasteiger partial charge in [-0.15, -0.1) is 0 Å². The second-order valence-electron chi connectivity index (χ2n) is 3.80. The summed E-state index contributed by atoms with van der Waals surface area (Å²) in [5, 5.41) is 0. The molecule has 0 bridgehead atoms. The summed E-state index contributed by atoms with van der Waals surface area (Å²) in [6, 6.07) is 1.60. The summed E-state index contributed by atoms with van der Waals surface area (Å²) >= 11 is 0. The fraction of sp³-hybridized carbons (Fsp3) is 0.286. The molecule has 0 saturated heterocycles. The number of carbonyl (C=O) groups excluding carboxylic acids is 1. The van der Waals surface area contributed by atoms with Crippen LogP contribution in [0.1, 0.15) is 29.8 Å². The van der Waals surface area contributed by atoms with Crippen molar-refractivity contribution in [3.8, 4) is 0 Å². The smallest absolute Gasteiger partial charge is 0.338 e. The molecule has 1 heterocycles. The number of pyridine rings is 1. The number of rotatable bonds is 4. The zero-order valence-corrected chi connectivity index (χ0v) is 10.7. The number of ether oxygens (including phenoxy) is 1. The maximum Gasteiger partial charge on any atom is 0.338 e. The Kier molecular flexibility index (Phi) is 5.24. The highest BCUT2D eigenvalue weighted by Crippen LogP contribution is 2.16. The van der Waals surface area contributed by atoms with Gasteiger partial charge in [0.15, 0.2) is 0 Å². The van der Waals surface area contributed by atoms with Crippen molar-refractivity contribution in [2.45, 2.75) is 20.3 Å². The van der Waals surface area contributed by atoms with Crippen LogP contribution in [0.3, 0.4) is 0 Å². The monoisotopic (exact) mass is 249 g/mol. The maximum atomic E-state index is 12.9. The van der Waals surface area contributed by atoms with Crippen LogP contribution < -0.4 is 0 Å². The molecule has 18 heavy (non-hydrogen) atoms. The predicted molar refractivity (Wildman–Crippen MR) is 67.9 cm³/mol. The third kappa shape index (κ3) is 3.80. The molecular formula is C14H16FNO2. The number of hydrogen-bond donors (Lipinski definition) is 0. The molecule has 0 aromatic carbocycles. The molecule has 4 heteroatoms. The molecule has 0 aliphatic rings. The van der Waals surface area contributed by atoms with Gasteiger partial charge >= 0.3 is 5.97 Å². The molecule has 0 amide bonds. The summed E-state index contributed by atoms with van der Waals surface area (Å²) in [6.45, 7) is 3.21. The van der Waals surface area contributed by atoms with Crippen LogP contribution in [0.2, 0.25) is 0 Å². The van der Waals surface area contributed by atoms with Gasteiger partial charge in [0.25, 0.3) is 0 Å². The topological polar surface area (TPSA) is 39.2 Å². The second-order valence-corrected chi connectivity index (χ2v) is 3.80. The fourth-order valence-corrected chi connectivity index (χ4v) is 1.59. The Labute approximate surface area is 106 Å². The molecule has 0 atom stereocenters. The summed E-state index contributed by atoms with van der Waals surface area (Å²) in [5.41, 5.74) is 1.96. The first kappa shape index (κ1) is 14.1. The van der Waals surface area contributed by atoms with Crippen molar-refractivity contribution in [3.63, 3.8) is 0 Å². The molecule has 0 N–H and O–H groups in total. The van der Waals surface area contributed by atoms with Crippen molar-refractivity contribution in [2.24, 2.45) is 0 Å². The van der Waals surface area contributed by atoms with Gasteiger partial charge in [0, 0.05) is 12.4 Å². The minimum absolute atomic E-state index is 0.272. The molecule has 0 aliphatic heterocycles. The summed E-state index contributed by atoms with van der Waals surface area (Å²) in [6.07, 6.45) is 6.81. The molecule has 1 aromatic rings. The van der Waals surface area contributed by atoms with Gasteiger partial charge in [0.05, 0.1) is 18.5 Å². The van der Waals surface area contributed by atoms with E-state index in [1.165, 1.54) is 26.3 Å². The SMILES string of the molecule is C/C=C(\C=C(/C)F)Cc1cnccc1C(=O)OC. The van der Waals surface area contributed by atoms with Gasteiger partial charge in [-0.3, -0.25) is 4.98 Å². The Balaban J connectivity index is 3.04. The predicted octanol–water partition coefficient (Wildman–Crippen LogP) is 3.23. The number of carbonyl (C=O) groups is 1. The van der Waals surface area contributed by atoms with Gasteiger partial charge in [0.1, 0.15) is 0 Å². The van der Waals surface area contributed by atoms with Crippen molar-refractivity contribution < 1.29 is 13.9 Å². The van der Waals surface area contributed by atoms with Crippen LogP contribution in [0.5, 0.6) is 0 Å². The zero-order chi connectivity index (χ0) is 13.5. The van der Waals surface area contributed by atoms with Gasteiger partial charge in [-0.2, -0.15) is 0 Å². The van der Waals surface area contributed by atoms with Crippen LogP contribution in [0.25, 0.3) is 0 Å². The highest BCUT2D eigenvalue weighted by atomic mass is 19.1. The molecule has 0 fully saturated rings. The maximum absolute atomic E-state index is 12.9. The van der Waals surface area contributed by atoms with E-state index in [9.17, 15) is 9.18 Å². The van der Waals surface area contributed by atoms with Crippen LogP contribution in [-0.4, -0.2) is 18.1 Å². The summed E-state index contributed by atoms with van der Waals surface area (Å²) in [5.74, 6) is -0.685. The summed E-state index contributed by atoms with van der Waals surface area (Å²) in [4.78, 5) is 15.5. The van der Waals surface area contributed by atoms with Gasteiger partial charge in [0.2, 0.25) is 0 Å². The Morgan fingerprint density at radius 3 is 2.83 bits per heavy atom. The minimum atomic E-state index is -0.413. The van der Waals surface area contributed by atoms with E-state index in [0.29, 0.717) is 12.0 Å². The van der Waals surface area contributed by atoms with Gasteiger partial charge in [-0.25, -0.2) is 9.18 Å². The molecule has 0 spiro atoms. The third-order valence-electron chi connectivity index (χ3n) is 2.46. The Morgan fingerprint density at radius 2 is 2.28 bits per heavy atom. The number of esters is 1. The van der Waals surface area contributed by atoms with Crippen molar-refractivity contribution in [3.05, 3.63) is 53.1 Å².